The van der Waals surface area contributed by atoms with E-state index in [9.17, 15) is 19.2 Å². The summed E-state index contributed by atoms with van der Waals surface area (Å²) in [5.74, 6) is -2.02. The molecule has 0 aromatic heterocycles. The second kappa shape index (κ2) is 12.4. The smallest absolute Gasteiger partial charge is 0.305 e. The lowest BCUT2D eigenvalue weighted by Crippen LogP contribution is -2.26. The van der Waals surface area contributed by atoms with E-state index in [0.717, 1.165) is 30.4 Å². The highest BCUT2D eigenvalue weighted by atomic mass is 16.4. The summed E-state index contributed by atoms with van der Waals surface area (Å²) in [7, 11) is 0. The van der Waals surface area contributed by atoms with E-state index < -0.39 is 11.9 Å². The number of carboxylic acid groups (broad SMARTS) is 1. The van der Waals surface area contributed by atoms with Crippen LogP contribution in [0.15, 0.2) is 103 Å². The molecule has 0 saturated carbocycles. The summed E-state index contributed by atoms with van der Waals surface area (Å²) in [6, 6.07) is 29.3. The van der Waals surface area contributed by atoms with Gasteiger partial charge in [-0.2, -0.15) is 0 Å². The van der Waals surface area contributed by atoms with Crippen molar-refractivity contribution in [3.63, 3.8) is 0 Å². The zero-order valence-corrected chi connectivity index (χ0v) is 22.4. The number of hydrogen-bond donors (Lipinski definition) is 2. The van der Waals surface area contributed by atoms with Gasteiger partial charge in [0.1, 0.15) is 0 Å². The number of fused-ring (bicyclic) bond motifs is 1. The standard InChI is InChI=1S/C35H29NO5/c37-32(26-12-9-25(10-13-26)23-5-2-1-3-6-23)22-31(30-18-11-24-7-4-8-29(24)21-30)34(40)27-14-16-28(17-15-27)35(41)36-20-19-33(38)39/h1-3,5-6,9-18,21-22H,4,7-8,19-20H2,(H,36,41)(H,38,39)/b31-22-. The lowest BCUT2D eigenvalue weighted by atomic mass is 9.92. The summed E-state index contributed by atoms with van der Waals surface area (Å²) < 4.78 is 0. The SMILES string of the molecule is O=C(O)CCNC(=O)c1ccc(C(=O)/C(=C\C(=O)c2ccc(-c3ccccc3)cc2)c2ccc3c(c2)CCC3)cc1. The molecule has 2 N–H and O–H groups in total. The highest BCUT2D eigenvalue weighted by molar-refractivity contribution is 6.32. The Labute approximate surface area is 238 Å². The molecule has 0 radical (unpaired) electrons. The third kappa shape index (κ3) is 6.56. The van der Waals surface area contributed by atoms with E-state index in [1.54, 1.807) is 24.3 Å². The minimum Gasteiger partial charge on any atom is -0.481 e. The maximum atomic E-state index is 13.8. The first-order valence-electron chi connectivity index (χ1n) is 13.6. The number of ketones is 2. The number of aryl methyl sites for hydroxylation is 2. The molecule has 0 aliphatic heterocycles. The predicted molar refractivity (Wildman–Crippen MR) is 158 cm³/mol. The summed E-state index contributed by atoms with van der Waals surface area (Å²) in [4.78, 5) is 50.3. The fourth-order valence-electron chi connectivity index (χ4n) is 5.00. The molecule has 41 heavy (non-hydrogen) atoms. The molecule has 0 saturated heterocycles. The molecule has 0 unspecified atom stereocenters. The molecule has 1 aliphatic rings. The van der Waals surface area contributed by atoms with Crippen LogP contribution in [0.25, 0.3) is 16.7 Å². The van der Waals surface area contributed by atoms with Gasteiger partial charge in [0.05, 0.1) is 6.42 Å². The largest absolute Gasteiger partial charge is 0.481 e. The molecule has 0 bridgehead atoms. The molecule has 0 heterocycles. The van der Waals surface area contributed by atoms with Crippen molar-refractivity contribution in [3.05, 3.63) is 137 Å². The van der Waals surface area contributed by atoms with Gasteiger partial charge in [-0.05, 0) is 65.3 Å². The van der Waals surface area contributed by atoms with Gasteiger partial charge in [-0.3, -0.25) is 19.2 Å². The lowest BCUT2D eigenvalue weighted by molar-refractivity contribution is -0.136. The Morgan fingerprint density at radius 2 is 1.29 bits per heavy atom. The van der Waals surface area contributed by atoms with Gasteiger partial charge in [0.2, 0.25) is 0 Å². The van der Waals surface area contributed by atoms with Gasteiger partial charge in [0, 0.05) is 28.8 Å². The fourth-order valence-corrected chi connectivity index (χ4v) is 5.00. The summed E-state index contributed by atoms with van der Waals surface area (Å²) in [6.45, 7) is 0.00844. The normalized spacial score (nSPS) is 12.4. The first-order valence-corrected chi connectivity index (χ1v) is 13.6. The third-order valence-corrected chi connectivity index (χ3v) is 7.24. The molecule has 1 aliphatic carbocycles. The molecule has 6 heteroatoms. The molecular weight excluding hydrogens is 514 g/mol. The van der Waals surface area contributed by atoms with Crippen LogP contribution in [0.4, 0.5) is 0 Å². The van der Waals surface area contributed by atoms with Gasteiger partial charge in [-0.15, -0.1) is 0 Å². The van der Waals surface area contributed by atoms with E-state index in [2.05, 4.69) is 5.32 Å². The number of Topliss-reactive ketones (excluding diaryl/α,β-unsaturated/α-hetero) is 1. The highest BCUT2D eigenvalue weighted by Crippen LogP contribution is 2.29. The third-order valence-electron chi connectivity index (χ3n) is 7.24. The average molecular weight is 544 g/mol. The number of carbonyl (C=O) groups is 4. The topological polar surface area (TPSA) is 101 Å². The average Bonchev–Trinajstić information content (AvgIpc) is 3.48. The number of nitrogens with one attached hydrogen (secondary N) is 1. The van der Waals surface area contributed by atoms with Gasteiger partial charge < -0.3 is 10.4 Å². The van der Waals surface area contributed by atoms with Crippen LogP contribution in [-0.4, -0.2) is 35.1 Å². The molecule has 6 nitrogen and oxygen atoms in total. The van der Waals surface area contributed by atoms with Crippen LogP contribution in [0.5, 0.6) is 0 Å². The number of amides is 1. The maximum absolute atomic E-state index is 13.8. The second-order valence-corrected chi connectivity index (χ2v) is 10.0. The Bertz CT molecular complexity index is 1630. The zero-order chi connectivity index (χ0) is 28.8. The second-order valence-electron chi connectivity index (χ2n) is 10.0. The van der Waals surface area contributed by atoms with E-state index >= 15 is 0 Å². The molecule has 0 atom stereocenters. The summed E-state index contributed by atoms with van der Waals surface area (Å²) >= 11 is 0. The van der Waals surface area contributed by atoms with Crippen molar-refractivity contribution in [2.45, 2.75) is 25.7 Å². The maximum Gasteiger partial charge on any atom is 0.305 e. The first-order chi connectivity index (χ1) is 19.9. The van der Waals surface area contributed by atoms with Gasteiger partial charge in [-0.1, -0.05) is 84.9 Å². The van der Waals surface area contributed by atoms with Crippen LogP contribution in [0.1, 0.15) is 60.6 Å². The fraction of sp³-hybridized carbons (Fsp3) is 0.143. The highest BCUT2D eigenvalue weighted by Gasteiger charge is 2.20. The van der Waals surface area contributed by atoms with E-state index in [0.29, 0.717) is 22.3 Å². The van der Waals surface area contributed by atoms with Crippen molar-refractivity contribution in [1.29, 1.82) is 0 Å². The van der Waals surface area contributed by atoms with Crippen molar-refractivity contribution in [2.75, 3.05) is 6.54 Å². The molecule has 4 aromatic carbocycles. The van der Waals surface area contributed by atoms with Gasteiger partial charge in [0.25, 0.3) is 5.91 Å². The van der Waals surface area contributed by atoms with Crippen LogP contribution in [0.2, 0.25) is 0 Å². The minimum absolute atomic E-state index is 0.00844. The Morgan fingerprint density at radius 3 is 2.00 bits per heavy atom. The van der Waals surface area contributed by atoms with Crippen LogP contribution in [0.3, 0.4) is 0 Å². The van der Waals surface area contributed by atoms with Crippen molar-refractivity contribution in [2.24, 2.45) is 0 Å². The van der Waals surface area contributed by atoms with Crippen molar-refractivity contribution < 1.29 is 24.3 Å². The van der Waals surface area contributed by atoms with Crippen molar-refractivity contribution in [3.8, 4) is 11.1 Å². The summed E-state index contributed by atoms with van der Waals surface area (Å²) in [5.41, 5.74) is 6.59. The molecule has 0 fully saturated rings. The van der Waals surface area contributed by atoms with Crippen LogP contribution in [-0.2, 0) is 17.6 Å². The quantitative estimate of drug-likeness (QED) is 0.183. The molecule has 4 aromatic rings. The van der Waals surface area contributed by atoms with E-state index in [1.807, 2.05) is 60.7 Å². The van der Waals surface area contributed by atoms with Gasteiger partial charge >= 0.3 is 5.97 Å². The number of carboxylic acids is 1. The Kier molecular flexibility index (Phi) is 8.30. The van der Waals surface area contributed by atoms with Gasteiger partial charge in [0.15, 0.2) is 11.6 Å². The van der Waals surface area contributed by atoms with E-state index in [1.165, 1.54) is 29.3 Å². The molecule has 0 spiro atoms. The van der Waals surface area contributed by atoms with Crippen molar-refractivity contribution >= 4 is 29.0 Å². The molecule has 5 rings (SSSR count). The van der Waals surface area contributed by atoms with Crippen LogP contribution >= 0.6 is 0 Å². The first kappa shape index (κ1) is 27.5. The summed E-state index contributed by atoms with van der Waals surface area (Å²) in [5, 5.41) is 11.3. The number of rotatable bonds is 10. The van der Waals surface area contributed by atoms with Crippen molar-refractivity contribution in [1.82, 2.24) is 5.32 Å². The Morgan fingerprint density at radius 1 is 0.683 bits per heavy atom. The molecule has 1 amide bonds. The van der Waals surface area contributed by atoms with Gasteiger partial charge in [-0.25, -0.2) is 0 Å². The number of aliphatic carboxylic acids is 1. The number of carbonyl (C=O) groups excluding carboxylic acids is 3. The van der Waals surface area contributed by atoms with E-state index in [-0.39, 0.29) is 30.1 Å². The zero-order valence-electron chi connectivity index (χ0n) is 22.4. The van der Waals surface area contributed by atoms with Crippen LogP contribution < -0.4 is 5.32 Å². The number of allylic oxidation sites excluding steroid dienone is 2. The minimum atomic E-state index is -1.00. The Hall–Kier alpha value is -5.10. The summed E-state index contributed by atoms with van der Waals surface area (Å²) in [6.07, 6.45) is 4.23. The lowest BCUT2D eigenvalue weighted by Gasteiger charge is -2.11. The molecular formula is C35H29NO5. The number of benzene rings is 4. The molecule has 204 valence electrons. The van der Waals surface area contributed by atoms with E-state index in [4.69, 9.17) is 5.11 Å². The Balaban J connectivity index is 1.43. The number of hydrogen-bond acceptors (Lipinski definition) is 4. The predicted octanol–water partition coefficient (Wildman–Crippen LogP) is 6.20. The monoisotopic (exact) mass is 543 g/mol. The van der Waals surface area contributed by atoms with Crippen LogP contribution in [0, 0.1) is 0 Å².